The Morgan fingerprint density at radius 1 is 1.38 bits per heavy atom. The minimum Gasteiger partial charge on any atom is -0.460 e. The molecule has 3 rings (SSSR count). The third-order valence-electron chi connectivity index (χ3n) is 3.29. The van der Waals surface area contributed by atoms with E-state index in [1.165, 1.54) is 4.57 Å². The summed E-state index contributed by atoms with van der Waals surface area (Å²) in [5.41, 5.74) is 1.77. The second-order valence-corrected chi connectivity index (χ2v) is 4.75. The summed E-state index contributed by atoms with van der Waals surface area (Å²) < 4.78 is 7.49. The summed E-state index contributed by atoms with van der Waals surface area (Å²) in [4.78, 5) is 28.2. The van der Waals surface area contributed by atoms with E-state index in [-0.39, 0.29) is 18.1 Å². The van der Waals surface area contributed by atoms with Gasteiger partial charge in [-0.1, -0.05) is 11.6 Å². The predicted octanol–water partition coefficient (Wildman–Crippen LogP) is 1.07. The summed E-state index contributed by atoms with van der Waals surface area (Å²) in [5, 5.41) is 4.73. The lowest BCUT2D eigenvalue weighted by atomic mass is 10.1. The van der Waals surface area contributed by atoms with Crippen molar-refractivity contribution in [3.63, 3.8) is 0 Å². The van der Waals surface area contributed by atoms with Crippen molar-refractivity contribution >= 4 is 22.5 Å². The summed E-state index contributed by atoms with van der Waals surface area (Å²) in [6.45, 7) is 3.88. The van der Waals surface area contributed by atoms with Crippen molar-refractivity contribution in [2.75, 3.05) is 6.61 Å². The van der Waals surface area contributed by atoms with E-state index < -0.39 is 5.97 Å². The van der Waals surface area contributed by atoms with Gasteiger partial charge >= 0.3 is 11.7 Å². The van der Waals surface area contributed by atoms with Crippen LogP contribution in [0.15, 0.2) is 23.0 Å². The first kappa shape index (κ1) is 13.3. The number of fused-ring (bicyclic) bond motifs is 3. The zero-order valence-corrected chi connectivity index (χ0v) is 12.0. The molecule has 0 saturated heterocycles. The molecule has 2 aromatic heterocycles. The van der Waals surface area contributed by atoms with E-state index in [4.69, 9.17) is 4.74 Å². The van der Waals surface area contributed by atoms with Crippen molar-refractivity contribution in [1.29, 1.82) is 0 Å². The first-order valence-electron chi connectivity index (χ1n) is 6.56. The van der Waals surface area contributed by atoms with Gasteiger partial charge in [-0.2, -0.15) is 4.52 Å². The molecular weight excluding hydrogens is 272 g/mol. The Morgan fingerprint density at radius 3 is 2.86 bits per heavy atom. The van der Waals surface area contributed by atoms with Crippen LogP contribution in [0, 0.1) is 6.92 Å². The second-order valence-electron chi connectivity index (χ2n) is 4.75. The third kappa shape index (κ3) is 1.97. The molecule has 108 valence electrons. The van der Waals surface area contributed by atoms with Crippen LogP contribution in [-0.4, -0.2) is 31.7 Å². The molecule has 7 heteroatoms. The number of carbonyl (C=O) groups excluding carboxylic acids is 1. The zero-order chi connectivity index (χ0) is 15.1. The highest BCUT2D eigenvalue weighted by Gasteiger charge is 2.18. The highest BCUT2D eigenvalue weighted by molar-refractivity contribution is 5.94. The fraction of sp³-hybridized carbons (Fsp3) is 0.286. The van der Waals surface area contributed by atoms with Crippen LogP contribution in [0.5, 0.6) is 0 Å². The van der Waals surface area contributed by atoms with E-state index in [2.05, 4.69) is 10.1 Å². The van der Waals surface area contributed by atoms with Gasteiger partial charge in [0.2, 0.25) is 0 Å². The lowest BCUT2D eigenvalue weighted by Gasteiger charge is -2.06. The van der Waals surface area contributed by atoms with Crippen molar-refractivity contribution in [2.45, 2.75) is 13.8 Å². The van der Waals surface area contributed by atoms with Crippen molar-refractivity contribution in [2.24, 2.45) is 7.05 Å². The number of aromatic nitrogens is 4. The molecule has 0 spiro atoms. The molecule has 0 aliphatic carbocycles. The lowest BCUT2D eigenvalue weighted by Crippen LogP contribution is -2.25. The molecule has 0 N–H and O–H groups in total. The predicted molar refractivity (Wildman–Crippen MR) is 76.4 cm³/mol. The van der Waals surface area contributed by atoms with Crippen LogP contribution in [0.2, 0.25) is 0 Å². The summed E-state index contributed by atoms with van der Waals surface area (Å²) in [6.07, 6.45) is 0. The van der Waals surface area contributed by atoms with Gasteiger partial charge in [0.1, 0.15) is 0 Å². The van der Waals surface area contributed by atoms with E-state index in [0.717, 1.165) is 21.0 Å². The molecule has 0 saturated carbocycles. The fourth-order valence-electron chi connectivity index (χ4n) is 2.27. The molecule has 7 nitrogen and oxygen atoms in total. The SMILES string of the molecule is CCOC(=O)c1nc2c3cc(C)ccc3n(C)c(=O)n2n1. The zero-order valence-electron chi connectivity index (χ0n) is 12.0. The maximum absolute atomic E-state index is 12.3. The Hall–Kier alpha value is -2.70. The molecule has 0 aliphatic rings. The Morgan fingerprint density at radius 2 is 2.14 bits per heavy atom. The van der Waals surface area contributed by atoms with Gasteiger partial charge in [-0.25, -0.2) is 14.6 Å². The highest BCUT2D eigenvalue weighted by Crippen LogP contribution is 2.18. The summed E-state index contributed by atoms with van der Waals surface area (Å²) >= 11 is 0. The average Bonchev–Trinajstić information content (AvgIpc) is 2.90. The van der Waals surface area contributed by atoms with Crippen LogP contribution >= 0.6 is 0 Å². The molecular formula is C14H14N4O3. The van der Waals surface area contributed by atoms with E-state index in [1.807, 2.05) is 25.1 Å². The maximum Gasteiger partial charge on any atom is 0.378 e. The Labute approximate surface area is 119 Å². The van der Waals surface area contributed by atoms with Gasteiger partial charge in [0.15, 0.2) is 5.65 Å². The van der Waals surface area contributed by atoms with Crippen molar-refractivity contribution < 1.29 is 9.53 Å². The van der Waals surface area contributed by atoms with Crippen LogP contribution < -0.4 is 5.69 Å². The molecule has 0 atom stereocenters. The first-order chi connectivity index (χ1) is 10.0. The minimum absolute atomic E-state index is 0.108. The molecule has 1 aromatic carbocycles. The molecule has 0 unspecified atom stereocenters. The van der Waals surface area contributed by atoms with Crippen molar-refractivity contribution in [1.82, 2.24) is 19.2 Å². The second kappa shape index (κ2) is 4.69. The van der Waals surface area contributed by atoms with Crippen molar-refractivity contribution in [3.8, 4) is 0 Å². The molecule has 0 fully saturated rings. The monoisotopic (exact) mass is 286 g/mol. The number of hydrogen-bond donors (Lipinski definition) is 0. The summed E-state index contributed by atoms with van der Waals surface area (Å²) in [5.74, 6) is -0.744. The number of benzene rings is 1. The summed E-state index contributed by atoms with van der Waals surface area (Å²) in [7, 11) is 1.66. The maximum atomic E-state index is 12.3. The first-order valence-corrected chi connectivity index (χ1v) is 6.56. The average molecular weight is 286 g/mol. The molecule has 0 radical (unpaired) electrons. The van der Waals surface area contributed by atoms with Crippen LogP contribution in [0.25, 0.3) is 16.6 Å². The Kier molecular flexibility index (Phi) is 2.97. The van der Waals surface area contributed by atoms with E-state index >= 15 is 0 Å². The number of esters is 1. The Balaban J connectivity index is 2.40. The van der Waals surface area contributed by atoms with Gasteiger partial charge in [0.25, 0.3) is 5.82 Å². The fourth-order valence-corrected chi connectivity index (χ4v) is 2.27. The number of hydrogen-bond acceptors (Lipinski definition) is 5. The van der Waals surface area contributed by atoms with E-state index in [1.54, 1.807) is 14.0 Å². The van der Waals surface area contributed by atoms with E-state index in [0.29, 0.717) is 5.65 Å². The molecule has 0 aliphatic heterocycles. The van der Waals surface area contributed by atoms with Gasteiger partial charge in [0, 0.05) is 12.4 Å². The van der Waals surface area contributed by atoms with Gasteiger partial charge in [0.05, 0.1) is 12.1 Å². The van der Waals surface area contributed by atoms with Crippen LogP contribution in [0.4, 0.5) is 0 Å². The number of ether oxygens (including phenoxy) is 1. The quantitative estimate of drug-likeness (QED) is 0.658. The number of carbonyl (C=O) groups is 1. The van der Waals surface area contributed by atoms with Crippen LogP contribution in [-0.2, 0) is 11.8 Å². The molecule has 0 bridgehead atoms. The topological polar surface area (TPSA) is 78.5 Å². The number of rotatable bonds is 2. The minimum atomic E-state index is -0.635. The standard InChI is InChI=1S/C14H14N4O3/c1-4-21-13(19)11-15-12-9-7-8(2)5-6-10(9)17(3)14(20)18(12)16-11/h5-7H,4H2,1-3H3. The lowest BCUT2D eigenvalue weighted by molar-refractivity contribution is 0.0512. The summed E-state index contributed by atoms with van der Waals surface area (Å²) in [6, 6.07) is 5.68. The number of nitrogens with zero attached hydrogens (tertiary/aromatic N) is 4. The van der Waals surface area contributed by atoms with Crippen LogP contribution in [0.3, 0.4) is 0 Å². The van der Waals surface area contributed by atoms with Crippen LogP contribution in [0.1, 0.15) is 23.1 Å². The van der Waals surface area contributed by atoms with Gasteiger partial charge < -0.3 is 4.74 Å². The Bertz CT molecular complexity index is 923. The smallest absolute Gasteiger partial charge is 0.378 e. The molecule has 3 aromatic rings. The van der Waals surface area contributed by atoms with Gasteiger partial charge in [-0.05, 0) is 26.0 Å². The largest absolute Gasteiger partial charge is 0.460 e. The van der Waals surface area contributed by atoms with Gasteiger partial charge in [-0.3, -0.25) is 4.57 Å². The third-order valence-corrected chi connectivity index (χ3v) is 3.29. The molecule has 2 heterocycles. The normalized spacial score (nSPS) is 11.2. The molecule has 0 amide bonds. The highest BCUT2D eigenvalue weighted by atomic mass is 16.5. The van der Waals surface area contributed by atoms with Crippen molar-refractivity contribution in [3.05, 3.63) is 40.1 Å². The van der Waals surface area contributed by atoms with E-state index in [9.17, 15) is 9.59 Å². The van der Waals surface area contributed by atoms with Gasteiger partial charge in [-0.15, -0.1) is 5.10 Å². The molecule has 21 heavy (non-hydrogen) atoms. The number of aryl methyl sites for hydroxylation is 2.